The number of nitrogens with two attached hydrogens (primary N) is 1. The fourth-order valence-electron chi connectivity index (χ4n) is 2.43. The molecule has 4 nitrogen and oxygen atoms in total. The van der Waals surface area contributed by atoms with Crippen LogP contribution in [0, 0.1) is 5.92 Å². The Kier molecular flexibility index (Phi) is 4.19. The smallest absolute Gasteiger partial charge is 0.0572 e. The quantitative estimate of drug-likeness (QED) is 0.852. The number of pyridine rings is 1. The first-order valence-electron chi connectivity index (χ1n) is 6.76. The molecule has 0 radical (unpaired) electrons. The molecule has 0 aliphatic carbocycles. The van der Waals surface area contributed by atoms with Gasteiger partial charge in [-0.1, -0.05) is 6.92 Å². The van der Waals surface area contributed by atoms with E-state index in [4.69, 9.17) is 5.73 Å². The van der Waals surface area contributed by atoms with E-state index in [-0.39, 0.29) is 12.1 Å². The van der Waals surface area contributed by atoms with Crippen molar-refractivity contribution in [1.82, 2.24) is 4.98 Å². The van der Waals surface area contributed by atoms with Crippen molar-refractivity contribution < 1.29 is 5.11 Å². The lowest BCUT2D eigenvalue weighted by Crippen LogP contribution is -2.24. The molecule has 0 spiro atoms. The van der Waals surface area contributed by atoms with Gasteiger partial charge in [0, 0.05) is 25.0 Å². The average molecular weight is 249 g/mol. The highest BCUT2D eigenvalue weighted by molar-refractivity contribution is 5.45. The normalized spacial score (nSPS) is 23.1. The maximum atomic E-state index is 9.61. The number of aromatic nitrogens is 1. The molecule has 1 saturated heterocycles. The fourth-order valence-corrected chi connectivity index (χ4v) is 2.43. The molecule has 1 aromatic rings. The van der Waals surface area contributed by atoms with E-state index in [1.165, 1.54) is 0 Å². The van der Waals surface area contributed by atoms with Crippen LogP contribution in [0.3, 0.4) is 0 Å². The van der Waals surface area contributed by atoms with Gasteiger partial charge in [0.15, 0.2) is 0 Å². The van der Waals surface area contributed by atoms with E-state index in [1.807, 2.05) is 19.2 Å². The number of aliphatic hydroxyl groups is 1. The zero-order valence-corrected chi connectivity index (χ0v) is 11.2. The van der Waals surface area contributed by atoms with Crippen LogP contribution in [0.25, 0.3) is 0 Å². The second-order valence-corrected chi connectivity index (χ2v) is 5.19. The first kappa shape index (κ1) is 13.3. The van der Waals surface area contributed by atoms with Gasteiger partial charge < -0.3 is 15.7 Å². The van der Waals surface area contributed by atoms with Crippen LogP contribution in [0.4, 0.5) is 5.69 Å². The number of nitrogens with zero attached hydrogens (tertiary/aromatic N) is 2. The molecule has 1 aromatic heterocycles. The average Bonchev–Trinajstić information content (AvgIpc) is 2.88. The van der Waals surface area contributed by atoms with E-state index in [2.05, 4.69) is 22.9 Å². The van der Waals surface area contributed by atoms with Crippen LogP contribution >= 0.6 is 0 Å². The molecule has 2 rings (SSSR count). The molecule has 4 heteroatoms. The Labute approximate surface area is 109 Å². The van der Waals surface area contributed by atoms with E-state index >= 15 is 0 Å². The second-order valence-electron chi connectivity index (χ2n) is 5.19. The van der Waals surface area contributed by atoms with Crippen molar-refractivity contribution in [3.8, 4) is 0 Å². The zero-order valence-electron chi connectivity index (χ0n) is 11.2. The Balaban J connectivity index is 2.02. The van der Waals surface area contributed by atoms with Gasteiger partial charge in [-0.2, -0.15) is 0 Å². The van der Waals surface area contributed by atoms with Gasteiger partial charge in [0.25, 0.3) is 0 Å². The van der Waals surface area contributed by atoms with Crippen LogP contribution < -0.4 is 10.6 Å². The maximum Gasteiger partial charge on any atom is 0.0572 e. The van der Waals surface area contributed by atoms with Crippen molar-refractivity contribution >= 4 is 5.69 Å². The summed E-state index contributed by atoms with van der Waals surface area (Å²) in [4.78, 5) is 6.72. The van der Waals surface area contributed by atoms with Crippen molar-refractivity contribution in [2.75, 3.05) is 18.0 Å². The van der Waals surface area contributed by atoms with Crippen LogP contribution in [-0.4, -0.2) is 29.3 Å². The van der Waals surface area contributed by atoms with Gasteiger partial charge >= 0.3 is 0 Å². The molecular weight excluding hydrogens is 226 g/mol. The topological polar surface area (TPSA) is 62.4 Å². The summed E-state index contributed by atoms with van der Waals surface area (Å²) in [6.07, 6.45) is 3.62. The van der Waals surface area contributed by atoms with Gasteiger partial charge in [-0.25, -0.2) is 0 Å². The lowest BCUT2D eigenvalue weighted by molar-refractivity contribution is 0.136. The predicted octanol–water partition coefficient (Wildman–Crippen LogP) is 1.70. The summed E-state index contributed by atoms with van der Waals surface area (Å²) < 4.78 is 0. The highest BCUT2D eigenvalue weighted by atomic mass is 16.3. The predicted molar refractivity (Wildman–Crippen MR) is 73.5 cm³/mol. The van der Waals surface area contributed by atoms with Crippen LogP contribution in [0.5, 0.6) is 0 Å². The van der Waals surface area contributed by atoms with Crippen LogP contribution in [-0.2, 0) is 0 Å². The monoisotopic (exact) mass is 249 g/mol. The molecule has 0 amide bonds. The summed E-state index contributed by atoms with van der Waals surface area (Å²) in [6, 6.07) is 4.13. The SMILES string of the molecule is CC[C@H](N)c1ccc(N2CCC(C(C)O)C2)cn1. The Morgan fingerprint density at radius 2 is 2.33 bits per heavy atom. The van der Waals surface area contributed by atoms with E-state index in [9.17, 15) is 5.11 Å². The van der Waals surface area contributed by atoms with Crippen molar-refractivity contribution in [3.63, 3.8) is 0 Å². The largest absolute Gasteiger partial charge is 0.393 e. The number of anilines is 1. The van der Waals surface area contributed by atoms with E-state index in [1.54, 1.807) is 0 Å². The van der Waals surface area contributed by atoms with Gasteiger partial charge in [0.2, 0.25) is 0 Å². The lowest BCUT2D eigenvalue weighted by Gasteiger charge is -2.20. The maximum absolute atomic E-state index is 9.61. The number of aliphatic hydroxyl groups excluding tert-OH is 1. The molecule has 0 saturated carbocycles. The molecule has 1 aliphatic rings. The summed E-state index contributed by atoms with van der Waals surface area (Å²) in [5, 5.41) is 9.61. The molecule has 2 unspecified atom stereocenters. The highest BCUT2D eigenvalue weighted by Crippen LogP contribution is 2.25. The molecule has 1 aliphatic heterocycles. The van der Waals surface area contributed by atoms with Gasteiger partial charge in [-0.3, -0.25) is 4.98 Å². The minimum atomic E-state index is -0.226. The number of hydrogen-bond acceptors (Lipinski definition) is 4. The third-order valence-corrected chi connectivity index (χ3v) is 3.86. The standard InChI is InChI=1S/C14H23N3O/c1-3-13(15)14-5-4-12(8-16-14)17-7-6-11(9-17)10(2)18/h4-5,8,10-11,13,18H,3,6-7,9,15H2,1-2H3/t10?,11?,13-/m0/s1. The molecule has 3 atom stereocenters. The third kappa shape index (κ3) is 2.82. The summed E-state index contributed by atoms with van der Waals surface area (Å²) in [5.74, 6) is 0.377. The van der Waals surface area contributed by atoms with E-state index < -0.39 is 0 Å². The van der Waals surface area contributed by atoms with Crippen molar-refractivity contribution in [2.24, 2.45) is 11.7 Å². The van der Waals surface area contributed by atoms with Crippen molar-refractivity contribution in [3.05, 3.63) is 24.0 Å². The van der Waals surface area contributed by atoms with Crippen LogP contribution in [0.1, 0.15) is 38.4 Å². The van der Waals surface area contributed by atoms with Crippen molar-refractivity contribution in [2.45, 2.75) is 38.8 Å². The van der Waals surface area contributed by atoms with Gasteiger partial charge in [-0.15, -0.1) is 0 Å². The fraction of sp³-hybridized carbons (Fsp3) is 0.643. The Morgan fingerprint density at radius 1 is 1.56 bits per heavy atom. The lowest BCUT2D eigenvalue weighted by atomic mass is 10.0. The molecule has 18 heavy (non-hydrogen) atoms. The Morgan fingerprint density at radius 3 is 2.83 bits per heavy atom. The van der Waals surface area contributed by atoms with Crippen LogP contribution in [0.15, 0.2) is 18.3 Å². The Bertz CT molecular complexity index is 377. The molecule has 0 bridgehead atoms. The summed E-state index contributed by atoms with van der Waals surface area (Å²) in [6.45, 7) is 5.85. The summed E-state index contributed by atoms with van der Waals surface area (Å²) in [5.41, 5.74) is 8.03. The van der Waals surface area contributed by atoms with E-state index in [0.29, 0.717) is 5.92 Å². The van der Waals surface area contributed by atoms with E-state index in [0.717, 1.165) is 37.3 Å². The zero-order chi connectivity index (χ0) is 13.1. The Hall–Kier alpha value is -1.13. The second kappa shape index (κ2) is 5.67. The van der Waals surface area contributed by atoms with Gasteiger partial charge in [0.05, 0.1) is 23.7 Å². The summed E-state index contributed by atoms with van der Waals surface area (Å²) >= 11 is 0. The first-order chi connectivity index (χ1) is 8.61. The van der Waals surface area contributed by atoms with Crippen molar-refractivity contribution in [1.29, 1.82) is 0 Å². The molecule has 1 fully saturated rings. The first-order valence-corrected chi connectivity index (χ1v) is 6.76. The number of hydrogen-bond donors (Lipinski definition) is 2. The molecular formula is C14H23N3O. The molecule has 3 N–H and O–H groups in total. The van der Waals surface area contributed by atoms with Gasteiger partial charge in [-0.05, 0) is 31.9 Å². The molecule has 100 valence electrons. The minimum Gasteiger partial charge on any atom is -0.393 e. The number of rotatable bonds is 4. The van der Waals surface area contributed by atoms with Gasteiger partial charge in [0.1, 0.15) is 0 Å². The molecule has 0 aromatic carbocycles. The molecule has 2 heterocycles. The highest BCUT2D eigenvalue weighted by Gasteiger charge is 2.26. The minimum absolute atomic E-state index is 0.0304. The summed E-state index contributed by atoms with van der Waals surface area (Å²) in [7, 11) is 0. The van der Waals surface area contributed by atoms with Crippen LogP contribution in [0.2, 0.25) is 0 Å². The third-order valence-electron chi connectivity index (χ3n) is 3.86.